The summed E-state index contributed by atoms with van der Waals surface area (Å²) in [6, 6.07) is 13.8. The minimum Gasteiger partial charge on any atom is -0.491 e. The van der Waals surface area contributed by atoms with E-state index in [0.717, 1.165) is 17.9 Å². The highest BCUT2D eigenvalue weighted by Gasteiger charge is 2.33. The minimum absolute atomic E-state index is 0.0320. The van der Waals surface area contributed by atoms with E-state index in [0.29, 0.717) is 26.0 Å². The number of nitrogens with zero attached hydrogens (tertiary/aromatic N) is 1. The zero-order chi connectivity index (χ0) is 20.9. The molecule has 0 spiro atoms. The summed E-state index contributed by atoms with van der Waals surface area (Å²) in [4.78, 5) is 12.7. The van der Waals surface area contributed by atoms with Crippen molar-refractivity contribution in [3.8, 4) is 5.75 Å². The van der Waals surface area contributed by atoms with Crippen LogP contribution in [0.2, 0.25) is 0 Å². The summed E-state index contributed by atoms with van der Waals surface area (Å²) in [6.45, 7) is 2.62. The molecule has 2 aromatic carbocycles. The molecule has 1 saturated heterocycles. The molecule has 0 aromatic heterocycles. The van der Waals surface area contributed by atoms with Gasteiger partial charge in [-0.1, -0.05) is 18.2 Å². The molecule has 1 fully saturated rings. The van der Waals surface area contributed by atoms with Gasteiger partial charge in [0.25, 0.3) is 0 Å². The fraction of sp³-hybridized carbons (Fsp3) is 0.381. The Kier molecular flexibility index (Phi) is 6.87. The molecule has 2 aromatic rings. The average Bonchev–Trinajstić information content (AvgIpc) is 2.73. The topological polar surface area (TPSA) is 75.7 Å². The molecular formula is C21H25FN2O4S. The molecule has 0 unspecified atom stereocenters. The van der Waals surface area contributed by atoms with Crippen molar-refractivity contribution in [3.63, 3.8) is 0 Å². The summed E-state index contributed by atoms with van der Waals surface area (Å²) >= 11 is 0. The van der Waals surface area contributed by atoms with E-state index in [-0.39, 0.29) is 23.4 Å². The quantitative estimate of drug-likeness (QED) is 0.747. The molecule has 0 aliphatic carbocycles. The maximum absolute atomic E-state index is 13.1. The van der Waals surface area contributed by atoms with Crippen molar-refractivity contribution in [3.05, 3.63) is 60.4 Å². The maximum Gasteiger partial charge on any atom is 0.243 e. The van der Waals surface area contributed by atoms with Crippen LogP contribution in [0.25, 0.3) is 0 Å². The average molecular weight is 421 g/mol. The molecule has 2 atom stereocenters. The number of rotatable bonds is 7. The highest BCUT2D eigenvalue weighted by Crippen LogP contribution is 2.24. The van der Waals surface area contributed by atoms with Gasteiger partial charge in [0.2, 0.25) is 15.9 Å². The summed E-state index contributed by atoms with van der Waals surface area (Å²) in [6.07, 6.45) is 1.21. The molecular weight excluding hydrogens is 395 g/mol. The van der Waals surface area contributed by atoms with Crippen LogP contribution in [0.1, 0.15) is 19.8 Å². The van der Waals surface area contributed by atoms with Gasteiger partial charge in [-0.3, -0.25) is 4.79 Å². The van der Waals surface area contributed by atoms with Crippen molar-refractivity contribution in [2.24, 2.45) is 5.92 Å². The van der Waals surface area contributed by atoms with Crippen molar-refractivity contribution in [1.82, 2.24) is 9.62 Å². The SMILES string of the molecule is C[C@H](COc1ccccc1)NC(=O)[C@@H]1CCCN(S(=O)(=O)c2ccc(F)cc2)C1. The van der Waals surface area contributed by atoms with E-state index >= 15 is 0 Å². The Labute approximate surface area is 170 Å². The zero-order valence-corrected chi connectivity index (χ0v) is 17.1. The molecule has 1 amide bonds. The summed E-state index contributed by atoms with van der Waals surface area (Å²) in [5.41, 5.74) is 0. The van der Waals surface area contributed by atoms with Crippen LogP contribution >= 0.6 is 0 Å². The van der Waals surface area contributed by atoms with Gasteiger partial charge in [-0.2, -0.15) is 4.31 Å². The number of para-hydroxylation sites is 1. The molecule has 1 N–H and O–H groups in total. The normalized spacial score (nSPS) is 18.8. The second kappa shape index (κ2) is 9.37. The van der Waals surface area contributed by atoms with Crippen LogP contribution in [0.4, 0.5) is 4.39 Å². The van der Waals surface area contributed by atoms with Gasteiger partial charge in [0.1, 0.15) is 18.2 Å². The Morgan fingerprint density at radius 2 is 1.90 bits per heavy atom. The summed E-state index contributed by atoms with van der Waals surface area (Å²) in [5.74, 6) is -0.388. The van der Waals surface area contributed by atoms with Crippen LogP contribution in [-0.4, -0.2) is 44.4 Å². The molecule has 1 heterocycles. The van der Waals surface area contributed by atoms with Crippen molar-refractivity contribution in [2.75, 3.05) is 19.7 Å². The van der Waals surface area contributed by atoms with E-state index in [9.17, 15) is 17.6 Å². The number of carbonyl (C=O) groups is 1. The molecule has 8 heteroatoms. The number of sulfonamides is 1. The predicted octanol–water partition coefficient (Wildman–Crippen LogP) is 2.81. The van der Waals surface area contributed by atoms with Gasteiger partial charge >= 0.3 is 0 Å². The fourth-order valence-electron chi connectivity index (χ4n) is 3.27. The first-order valence-corrected chi connectivity index (χ1v) is 11.0. The van der Waals surface area contributed by atoms with Gasteiger partial charge < -0.3 is 10.1 Å². The van der Waals surface area contributed by atoms with Gasteiger partial charge in [0, 0.05) is 13.1 Å². The molecule has 1 aliphatic rings. The third kappa shape index (κ3) is 5.55. The van der Waals surface area contributed by atoms with Crippen molar-refractivity contribution in [2.45, 2.75) is 30.7 Å². The van der Waals surface area contributed by atoms with Crippen LogP contribution in [-0.2, 0) is 14.8 Å². The first kappa shape index (κ1) is 21.3. The number of piperidine rings is 1. The molecule has 0 radical (unpaired) electrons. The fourth-order valence-corrected chi connectivity index (χ4v) is 4.79. The highest BCUT2D eigenvalue weighted by molar-refractivity contribution is 7.89. The first-order valence-electron chi connectivity index (χ1n) is 9.60. The number of halogens is 1. The van der Waals surface area contributed by atoms with Crippen molar-refractivity contribution < 1.29 is 22.3 Å². The Morgan fingerprint density at radius 3 is 2.59 bits per heavy atom. The van der Waals surface area contributed by atoms with E-state index in [2.05, 4.69) is 5.32 Å². The van der Waals surface area contributed by atoms with E-state index in [1.807, 2.05) is 37.3 Å². The van der Waals surface area contributed by atoms with Gasteiger partial charge in [0.15, 0.2) is 0 Å². The predicted molar refractivity (Wildman–Crippen MR) is 107 cm³/mol. The second-order valence-corrected chi connectivity index (χ2v) is 9.13. The van der Waals surface area contributed by atoms with Gasteiger partial charge in [0.05, 0.1) is 16.9 Å². The number of hydrogen-bond donors (Lipinski definition) is 1. The monoisotopic (exact) mass is 420 g/mol. The molecule has 0 bridgehead atoms. The van der Waals surface area contributed by atoms with Gasteiger partial charge in [-0.25, -0.2) is 12.8 Å². The third-order valence-corrected chi connectivity index (χ3v) is 6.72. The van der Waals surface area contributed by atoms with Crippen LogP contribution in [0.15, 0.2) is 59.5 Å². The number of ether oxygens (including phenoxy) is 1. The smallest absolute Gasteiger partial charge is 0.243 e. The summed E-state index contributed by atoms with van der Waals surface area (Å²) in [7, 11) is -3.76. The van der Waals surface area contributed by atoms with Crippen LogP contribution in [0.3, 0.4) is 0 Å². The molecule has 6 nitrogen and oxygen atoms in total. The van der Waals surface area contributed by atoms with E-state index < -0.39 is 21.8 Å². The minimum atomic E-state index is -3.76. The lowest BCUT2D eigenvalue weighted by Gasteiger charge is -2.31. The van der Waals surface area contributed by atoms with Gasteiger partial charge in [-0.15, -0.1) is 0 Å². The van der Waals surface area contributed by atoms with E-state index in [1.165, 1.54) is 16.4 Å². The molecule has 156 valence electrons. The van der Waals surface area contributed by atoms with Gasteiger partial charge in [-0.05, 0) is 56.2 Å². The Balaban J connectivity index is 1.56. The molecule has 0 saturated carbocycles. The van der Waals surface area contributed by atoms with E-state index in [4.69, 9.17) is 4.74 Å². The van der Waals surface area contributed by atoms with Crippen LogP contribution in [0.5, 0.6) is 5.75 Å². The molecule has 29 heavy (non-hydrogen) atoms. The van der Waals surface area contributed by atoms with Crippen molar-refractivity contribution >= 4 is 15.9 Å². The van der Waals surface area contributed by atoms with Crippen molar-refractivity contribution in [1.29, 1.82) is 0 Å². The van der Waals surface area contributed by atoms with E-state index in [1.54, 1.807) is 0 Å². The molecule has 1 aliphatic heterocycles. The lowest BCUT2D eigenvalue weighted by Crippen LogP contribution is -2.48. The van der Waals surface area contributed by atoms with Crippen LogP contribution < -0.4 is 10.1 Å². The van der Waals surface area contributed by atoms with Crippen LogP contribution in [0, 0.1) is 11.7 Å². The zero-order valence-electron chi connectivity index (χ0n) is 16.3. The first-order chi connectivity index (χ1) is 13.9. The lowest BCUT2D eigenvalue weighted by molar-refractivity contribution is -0.126. The largest absolute Gasteiger partial charge is 0.491 e. The lowest BCUT2D eigenvalue weighted by atomic mass is 9.98. The third-order valence-electron chi connectivity index (χ3n) is 4.84. The number of carbonyl (C=O) groups excluding carboxylic acids is 1. The Morgan fingerprint density at radius 1 is 1.21 bits per heavy atom. The summed E-state index contributed by atoms with van der Waals surface area (Å²) < 4.78 is 45.7. The maximum atomic E-state index is 13.1. The molecule has 3 rings (SSSR count). The standard InChI is InChI=1S/C21H25FN2O4S/c1-16(15-28-19-7-3-2-4-8-19)23-21(25)17-6-5-13-24(14-17)29(26,27)20-11-9-18(22)10-12-20/h2-4,7-12,16-17H,5-6,13-15H2,1H3,(H,23,25)/t16-,17-/m1/s1. The second-order valence-electron chi connectivity index (χ2n) is 7.19. The highest BCUT2D eigenvalue weighted by atomic mass is 32.2. The number of nitrogens with one attached hydrogen (secondary N) is 1. The summed E-state index contributed by atoms with van der Waals surface area (Å²) in [5, 5.41) is 2.90. The Hall–Kier alpha value is -2.45. The number of amides is 1. The number of hydrogen-bond acceptors (Lipinski definition) is 4. The Bertz CT molecular complexity index is 919. The number of benzene rings is 2.